The molecule has 1 aliphatic rings. The maximum atomic E-state index is 12.1. The average molecular weight is 380 g/mol. The fourth-order valence-electron chi connectivity index (χ4n) is 4.25. The maximum absolute atomic E-state index is 12.1. The van der Waals surface area contributed by atoms with E-state index in [2.05, 4.69) is 48.9 Å². The van der Waals surface area contributed by atoms with Crippen LogP contribution in [0.3, 0.4) is 0 Å². The van der Waals surface area contributed by atoms with Crippen molar-refractivity contribution in [3.05, 3.63) is 69.7 Å². The van der Waals surface area contributed by atoms with E-state index in [4.69, 9.17) is 4.42 Å². The van der Waals surface area contributed by atoms with Gasteiger partial charge in [-0.3, -0.25) is 4.90 Å². The summed E-state index contributed by atoms with van der Waals surface area (Å²) in [5.41, 5.74) is 4.06. The quantitative estimate of drug-likeness (QED) is 0.705. The van der Waals surface area contributed by atoms with E-state index in [-0.39, 0.29) is 5.63 Å². The normalized spacial score (nSPS) is 15.5. The lowest BCUT2D eigenvalue weighted by Gasteiger charge is -2.28. The molecule has 0 amide bonds. The van der Waals surface area contributed by atoms with Crippen LogP contribution in [0.5, 0.6) is 0 Å². The van der Waals surface area contributed by atoms with E-state index in [0.29, 0.717) is 11.5 Å². The van der Waals surface area contributed by atoms with E-state index in [9.17, 15) is 4.79 Å². The van der Waals surface area contributed by atoms with Crippen LogP contribution in [0.1, 0.15) is 36.5 Å². The first-order chi connectivity index (χ1) is 13.5. The highest BCUT2D eigenvalue weighted by atomic mass is 16.4. The molecule has 0 bridgehead atoms. The summed E-state index contributed by atoms with van der Waals surface area (Å²) in [5, 5.41) is 1.08. The molecule has 1 saturated heterocycles. The third-order valence-electron chi connectivity index (χ3n) is 5.78. The molecule has 5 heteroatoms. The first-order valence-corrected chi connectivity index (χ1v) is 10.1. The third-order valence-corrected chi connectivity index (χ3v) is 5.78. The lowest BCUT2D eigenvalue weighted by atomic mass is 9.95. The topological polar surface area (TPSA) is 52.0 Å². The number of fused-ring (bicyclic) bond motifs is 1. The largest absolute Gasteiger partial charge is 0.423 e. The van der Waals surface area contributed by atoms with E-state index in [0.717, 1.165) is 43.7 Å². The number of aromatic amines is 1. The van der Waals surface area contributed by atoms with Gasteiger partial charge in [0.05, 0.1) is 6.20 Å². The van der Waals surface area contributed by atoms with E-state index in [1.165, 1.54) is 21.8 Å². The summed E-state index contributed by atoms with van der Waals surface area (Å²) in [7, 11) is 0. The van der Waals surface area contributed by atoms with E-state index in [1.807, 2.05) is 18.3 Å². The van der Waals surface area contributed by atoms with Gasteiger partial charge in [-0.25, -0.2) is 9.78 Å². The van der Waals surface area contributed by atoms with E-state index in [1.54, 1.807) is 6.07 Å². The van der Waals surface area contributed by atoms with E-state index < -0.39 is 0 Å². The van der Waals surface area contributed by atoms with E-state index >= 15 is 0 Å². The summed E-state index contributed by atoms with van der Waals surface area (Å²) in [5.74, 6) is 1.62. The Bertz CT molecular complexity index is 1020. The van der Waals surface area contributed by atoms with Crippen molar-refractivity contribution in [2.45, 2.75) is 33.2 Å². The number of hydrogen-bond acceptors (Lipinski definition) is 3. The van der Waals surface area contributed by atoms with Gasteiger partial charge in [0.1, 0.15) is 38.3 Å². The summed E-state index contributed by atoms with van der Waals surface area (Å²) >= 11 is 0. The molecule has 0 spiro atoms. The van der Waals surface area contributed by atoms with Crippen LogP contribution in [0.15, 0.2) is 51.8 Å². The van der Waals surface area contributed by atoms with Crippen molar-refractivity contribution in [3.8, 4) is 0 Å². The van der Waals surface area contributed by atoms with Crippen LogP contribution in [0, 0.1) is 6.92 Å². The van der Waals surface area contributed by atoms with Crippen LogP contribution >= 0.6 is 0 Å². The number of hydrogen-bond donors (Lipinski definition) is 1. The Morgan fingerprint density at radius 3 is 2.64 bits per heavy atom. The zero-order valence-electron chi connectivity index (χ0n) is 16.9. The predicted octanol–water partition coefficient (Wildman–Crippen LogP) is 1.94. The Labute approximate surface area is 165 Å². The minimum Gasteiger partial charge on any atom is -0.423 e. The van der Waals surface area contributed by atoms with Crippen molar-refractivity contribution in [1.82, 2.24) is 0 Å². The summed E-state index contributed by atoms with van der Waals surface area (Å²) in [4.78, 5) is 19.3. The van der Waals surface area contributed by atoms with Gasteiger partial charge in [-0.05, 0) is 42.2 Å². The number of pyridine rings is 1. The SMILES string of the molecule is Cc1cc2oc(=O)cc(C[NH+]3CCN(c4cccc[nH+]4)CC3)c2cc1C(C)C. The first kappa shape index (κ1) is 18.7. The second-order valence-corrected chi connectivity index (χ2v) is 8.11. The molecular formula is C23H29N3O2+2. The highest BCUT2D eigenvalue weighted by Gasteiger charge is 2.26. The Morgan fingerprint density at radius 1 is 1.18 bits per heavy atom. The van der Waals surface area contributed by atoms with Crippen molar-refractivity contribution in [2.24, 2.45) is 0 Å². The van der Waals surface area contributed by atoms with Gasteiger partial charge in [0.2, 0.25) is 0 Å². The lowest BCUT2D eigenvalue weighted by Crippen LogP contribution is -3.13. The van der Waals surface area contributed by atoms with Gasteiger partial charge in [-0.15, -0.1) is 0 Å². The van der Waals surface area contributed by atoms with Gasteiger partial charge in [0.15, 0.2) is 0 Å². The Balaban J connectivity index is 1.56. The molecule has 0 saturated carbocycles. The minimum absolute atomic E-state index is 0.254. The molecule has 146 valence electrons. The van der Waals surface area contributed by atoms with Gasteiger partial charge in [0, 0.05) is 23.1 Å². The summed E-state index contributed by atoms with van der Waals surface area (Å²) < 4.78 is 5.50. The number of nitrogens with one attached hydrogen (secondary N) is 2. The molecule has 28 heavy (non-hydrogen) atoms. The summed E-state index contributed by atoms with van der Waals surface area (Å²) in [6.07, 6.45) is 1.97. The number of aromatic nitrogens is 1. The zero-order valence-corrected chi connectivity index (χ0v) is 16.9. The maximum Gasteiger partial charge on any atom is 0.336 e. The molecule has 0 radical (unpaired) electrons. The van der Waals surface area contributed by atoms with Crippen molar-refractivity contribution >= 4 is 16.8 Å². The molecule has 2 N–H and O–H groups in total. The fourth-order valence-corrected chi connectivity index (χ4v) is 4.25. The molecule has 5 nitrogen and oxygen atoms in total. The second kappa shape index (κ2) is 7.76. The lowest BCUT2D eigenvalue weighted by molar-refractivity contribution is -0.914. The molecule has 1 fully saturated rings. The van der Waals surface area contributed by atoms with Crippen molar-refractivity contribution < 1.29 is 14.3 Å². The number of piperazine rings is 1. The summed E-state index contributed by atoms with van der Waals surface area (Å²) in [6, 6.07) is 12.1. The van der Waals surface area contributed by atoms with Gasteiger partial charge >= 0.3 is 5.63 Å². The molecule has 3 aromatic rings. The standard InChI is InChI=1S/C23H27N3O2/c1-16(2)19-14-20-18(13-23(27)28-21(20)12-17(19)3)15-25-8-10-26(11-9-25)22-6-4-5-7-24-22/h4-7,12-14,16H,8-11,15H2,1-3H3/p+2. The number of rotatable bonds is 4. The molecule has 1 aliphatic heterocycles. The highest BCUT2D eigenvalue weighted by Crippen LogP contribution is 2.26. The number of aryl methyl sites for hydroxylation is 1. The zero-order chi connectivity index (χ0) is 19.7. The van der Waals surface area contributed by atoms with Gasteiger partial charge in [0.25, 0.3) is 5.82 Å². The van der Waals surface area contributed by atoms with Crippen LogP contribution in [-0.2, 0) is 6.54 Å². The molecule has 2 aromatic heterocycles. The molecular weight excluding hydrogens is 350 g/mol. The third kappa shape index (κ3) is 3.80. The summed E-state index contributed by atoms with van der Waals surface area (Å²) in [6.45, 7) is 11.5. The Hall–Kier alpha value is -2.66. The van der Waals surface area contributed by atoms with Crippen molar-refractivity contribution in [3.63, 3.8) is 0 Å². The van der Waals surface area contributed by atoms with Crippen molar-refractivity contribution in [1.29, 1.82) is 0 Å². The number of nitrogens with zero attached hydrogens (tertiary/aromatic N) is 1. The molecule has 0 atom stereocenters. The highest BCUT2D eigenvalue weighted by molar-refractivity contribution is 5.82. The average Bonchev–Trinajstić information content (AvgIpc) is 2.68. The first-order valence-electron chi connectivity index (χ1n) is 10.1. The number of benzene rings is 1. The Morgan fingerprint density at radius 2 is 1.96 bits per heavy atom. The van der Waals surface area contributed by atoms with Gasteiger partial charge in [-0.2, -0.15) is 0 Å². The second-order valence-electron chi connectivity index (χ2n) is 8.11. The molecule has 4 rings (SSSR count). The van der Waals surface area contributed by atoms with Gasteiger partial charge < -0.3 is 9.32 Å². The minimum atomic E-state index is -0.254. The molecule has 0 unspecified atom stereocenters. The molecule has 3 heterocycles. The van der Waals surface area contributed by atoms with Crippen LogP contribution in [-0.4, -0.2) is 26.2 Å². The molecule has 0 aliphatic carbocycles. The van der Waals surface area contributed by atoms with Crippen LogP contribution in [0.25, 0.3) is 11.0 Å². The number of quaternary nitrogens is 1. The van der Waals surface area contributed by atoms with Crippen LogP contribution in [0.4, 0.5) is 5.82 Å². The Kier molecular flexibility index (Phi) is 5.18. The molecule has 1 aromatic carbocycles. The number of H-pyrrole nitrogens is 1. The monoisotopic (exact) mass is 379 g/mol. The van der Waals surface area contributed by atoms with Crippen LogP contribution in [0.2, 0.25) is 0 Å². The smallest absolute Gasteiger partial charge is 0.336 e. The van der Waals surface area contributed by atoms with Gasteiger partial charge in [-0.1, -0.05) is 19.9 Å². The van der Waals surface area contributed by atoms with Crippen molar-refractivity contribution in [2.75, 3.05) is 31.1 Å². The number of anilines is 1. The van der Waals surface area contributed by atoms with Crippen LogP contribution < -0.4 is 20.4 Å². The predicted molar refractivity (Wildman–Crippen MR) is 111 cm³/mol. The fraction of sp³-hybridized carbons (Fsp3) is 0.391.